The van der Waals surface area contributed by atoms with Gasteiger partial charge in [0.15, 0.2) is 5.13 Å². The first kappa shape index (κ1) is 17.1. The number of fused-ring (bicyclic) bond motifs is 1. The highest BCUT2D eigenvalue weighted by Gasteiger charge is 2.30. The molecular weight excluding hydrogens is 358 g/mol. The molecule has 0 unspecified atom stereocenters. The quantitative estimate of drug-likeness (QED) is 0.802. The molecule has 1 aromatic heterocycles. The van der Waals surface area contributed by atoms with Gasteiger partial charge in [0.05, 0.1) is 28.5 Å². The van der Waals surface area contributed by atoms with Crippen molar-refractivity contribution in [3.8, 4) is 0 Å². The van der Waals surface area contributed by atoms with Gasteiger partial charge in [-0.2, -0.15) is 0 Å². The molecule has 2 saturated heterocycles. The second-order valence-electron chi connectivity index (χ2n) is 6.74. The van der Waals surface area contributed by atoms with Crippen molar-refractivity contribution in [2.75, 3.05) is 44.3 Å². The molecule has 25 heavy (non-hydrogen) atoms. The lowest BCUT2D eigenvalue weighted by Crippen LogP contribution is -2.46. The monoisotopic (exact) mass is 379 g/mol. The Hall–Kier alpha value is -1.37. The van der Waals surface area contributed by atoms with Crippen LogP contribution in [0.15, 0.2) is 12.1 Å². The highest BCUT2D eigenvalue weighted by molar-refractivity contribution is 7.22. The summed E-state index contributed by atoms with van der Waals surface area (Å²) in [6.45, 7) is 6.60. The van der Waals surface area contributed by atoms with E-state index in [2.05, 4.69) is 11.8 Å². The van der Waals surface area contributed by atoms with Crippen molar-refractivity contribution in [2.24, 2.45) is 5.92 Å². The van der Waals surface area contributed by atoms with E-state index in [1.807, 2.05) is 17.0 Å². The molecule has 0 radical (unpaired) electrons. The number of carbonyl (C=O) groups excluding carboxylic acids is 1. The number of piperidine rings is 1. The Labute approximate surface area is 156 Å². The van der Waals surface area contributed by atoms with E-state index < -0.39 is 0 Å². The molecule has 5 nitrogen and oxygen atoms in total. The third-order valence-corrected chi connectivity index (χ3v) is 6.70. The number of aromatic nitrogens is 1. The number of nitrogens with zero attached hydrogens (tertiary/aromatic N) is 3. The maximum atomic E-state index is 12.6. The fourth-order valence-electron chi connectivity index (χ4n) is 3.59. The third kappa shape index (κ3) is 3.35. The zero-order valence-corrected chi connectivity index (χ0v) is 15.9. The van der Waals surface area contributed by atoms with Gasteiger partial charge in [-0.15, -0.1) is 0 Å². The summed E-state index contributed by atoms with van der Waals surface area (Å²) in [5, 5.41) is 1.78. The Kier molecular flexibility index (Phi) is 4.84. The maximum absolute atomic E-state index is 12.6. The van der Waals surface area contributed by atoms with E-state index in [0.717, 1.165) is 65.0 Å². The zero-order valence-electron chi connectivity index (χ0n) is 14.3. The van der Waals surface area contributed by atoms with Gasteiger partial charge in [0.1, 0.15) is 0 Å². The minimum Gasteiger partial charge on any atom is -0.378 e. The summed E-state index contributed by atoms with van der Waals surface area (Å²) < 4.78 is 6.40. The Morgan fingerprint density at radius 3 is 2.64 bits per heavy atom. The van der Waals surface area contributed by atoms with E-state index in [1.165, 1.54) is 0 Å². The van der Waals surface area contributed by atoms with Crippen molar-refractivity contribution < 1.29 is 9.53 Å². The van der Waals surface area contributed by atoms with Gasteiger partial charge in [-0.25, -0.2) is 4.98 Å². The molecular formula is C18H22ClN3O2S. The summed E-state index contributed by atoms with van der Waals surface area (Å²) in [4.78, 5) is 21.7. The molecule has 3 heterocycles. The Morgan fingerprint density at radius 1 is 1.24 bits per heavy atom. The largest absolute Gasteiger partial charge is 0.378 e. The number of hydrogen-bond acceptors (Lipinski definition) is 5. The number of anilines is 1. The molecule has 1 aromatic carbocycles. The minimum atomic E-state index is 0.133. The van der Waals surface area contributed by atoms with Crippen LogP contribution in [0.25, 0.3) is 10.2 Å². The number of amides is 1. The number of ether oxygens (including phenoxy) is 1. The van der Waals surface area contributed by atoms with Gasteiger partial charge in [-0.05, 0) is 31.4 Å². The van der Waals surface area contributed by atoms with Crippen molar-refractivity contribution in [2.45, 2.75) is 19.8 Å². The summed E-state index contributed by atoms with van der Waals surface area (Å²) in [5.74, 6) is 0.431. The van der Waals surface area contributed by atoms with Crippen LogP contribution in [0, 0.1) is 12.8 Å². The molecule has 4 rings (SSSR count). The molecule has 0 aliphatic carbocycles. The summed E-state index contributed by atoms with van der Waals surface area (Å²) in [6.07, 6.45) is 1.78. The lowest BCUT2D eigenvalue weighted by Gasteiger charge is -2.35. The van der Waals surface area contributed by atoms with Crippen LogP contribution < -0.4 is 4.90 Å². The van der Waals surface area contributed by atoms with Gasteiger partial charge in [0.25, 0.3) is 0 Å². The third-order valence-electron chi connectivity index (χ3n) is 5.12. The molecule has 2 aliphatic rings. The lowest BCUT2D eigenvalue weighted by molar-refractivity contribution is -0.140. The standard InChI is InChI=1S/C18H22ClN3O2S/c1-12-2-3-14(19)16-15(12)20-18(25-16)22-6-4-13(5-7-22)17(23)21-8-10-24-11-9-21/h2-3,13H,4-11H2,1H3. The zero-order chi connectivity index (χ0) is 17.4. The SMILES string of the molecule is Cc1ccc(Cl)c2sc(N3CCC(C(=O)N4CCOCC4)CC3)nc12. The molecule has 2 aliphatic heterocycles. The molecule has 134 valence electrons. The van der Waals surface area contributed by atoms with Crippen LogP contribution in [0.4, 0.5) is 5.13 Å². The van der Waals surface area contributed by atoms with Crippen LogP contribution in [0.2, 0.25) is 5.02 Å². The molecule has 0 atom stereocenters. The minimum absolute atomic E-state index is 0.133. The average molecular weight is 380 g/mol. The molecule has 0 saturated carbocycles. The number of thiazole rings is 1. The van der Waals surface area contributed by atoms with Gasteiger partial charge in [0.2, 0.25) is 5.91 Å². The number of hydrogen-bond donors (Lipinski definition) is 0. The molecule has 0 spiro atoms. The fourth-order valence-corrected chi connectivity index (χ4v) is 4.95. The average Bonchev–Trinajstić information content (AvgIpc) is 3.12. The van der Waals surface area contributed by atoms with Gasteiger partial charge in [-0.3, -0.25) is 4.79 Å². The molecule has 1 amide bonds. The predicted octanol–water partition coefficient (Wildman–Crippen LogP) is 3.33. The van der Waals surface area contributed by atoms with Crippen LogP contribution in [0.5, 0.6) is 0 Å². The van der Waals surface area contributed by atoms with Gasteiger partial charge >= 0.3 is 0 Å². The van der Waals surface area contributed by atoms with E-state index in [4.69, 9.17) is 21.3 Å². The van der Waals surface area contributed by atoms with Gasteiger partial charge in [0, 0.05) is 32.1 Å². The number of benzene rings is 1. The van der Waals surface area contributed by atoms with Crippen molar-refractivity contribution in [3.05, 3.63) is 22.7 Å². The summed E-state index contributed by atoms with van der Waals surface area (Å²) in [7, 11) is 0. The second-order valence-corrected chi connectivity index (χ2v) is 8.12. The predicted molar refractivity (Wildman–Crippen MR) is 102 cm³/mol. The molecule has 0 N–H and O–H groups in total. The highest BCUT2D eigenvalue weighted by Crippen LogP contribution is 2.37. The van der Waals surface area contributed by atoms with Crippen molar-refractivity contribution >= 4 is 44.2 Å². The smallest absolute Gasteiger partial charge is 0.225 e. The first-order valence-electron chi connectivity index (χ1n) is 8.80. The summed E-state index contributed by atoms with van der Waals surface area (Å²) >= 11 is 7.98. The highest BCUT2D eigenvalue weighted by atomic mass is 35.5. The number of morpholine rings is 1. The summed E-state index contributed by atoms with van der Waals surface area (Å²) in [6, 6.07) is 3.95. The maximum Gasteiger partial charge on any atom is 0.225 e. The van der Waals surface area contributed by atoms with Crippen molar-refractivity contribution in [3.63, 3.8) is 0 Å². The molecule has 0 bridgehead atoms. The Bertz CT molecular complexity index is 741. The number of aryl methyl sites for hydroxylation is 1. The van der Waals surface area contributed by atoms with E-state index in [9.17, 15) is 4.79 Å². The Balaban J connectivity index is 1.44. The second kappa shape index (κ2) is 7.09. The topological polar surface area (TPSA) is 45.7 Å². The Morgan fingerprint density at radius 2 is 1.96 bits per heavy atom. The van der Waals surface area contributed by atoms with E-state index in [-0.39, 0.29) is 5.92 Å². The first-order valence-corrected chi connectivity index (χ1v) is 10.00. The van der Waals surface area contributed by atoms with E-state index >= 15 is 0 Å². The molecule has 2 fully saturated rings. The molecule has 2 aromatic rings. The van der Waals surface area contributed by atoms with Crippen molar-refractivity contribution in [1.29, 1.82) is 0 Å². The lowest BCUT2D eigenvalue weighted by atomic mass is 9.95. The van der Waals surface area contributed by atoms with E-state index in [0.29, 0.717) is 19.1 Å². The van der Waals surface area contributed by atoms with Crippen LogP contribution in [-0.2, 0) is 9.53 Å². The van der Waals surface area contributed by atoms with Crippen LogP contribution in [0.3, 0.4) is 0 Å². The van der Waals surface area contributed by atoms with Gasteiger partial charge < -0.3 is 14.5 Å². The van der Waals surface area contributed by atoms with Crippen molar-refractivity contribution in [1.82, 2.24) is 9.88 Å². The fraction of sp³-hybridized carbons (Fsp3) is 0.556. The number of carbonyl (C=O) groups is 1. The first-order chi connectivity index (χ1) is 12.1. The van der Waals surface area contributed by atoms with Gasteiger partial charge in [-0.1, -0.05) is 29.0 Å². The molecule has 7 heteroatoms. The summed E-state index contributed by atoms with van der Waals surface area (Å²) in [5.41, 5.74) is 2.15. The van der Waals surface area contributed by atoms with Crippen LogP contribution in [-0.4, -0.2) is 55.2 Å². The number of rotatable bonds is 2. The number of halogens is 1. The normalized spacial score (nSPS) is 19.6. The van der Waals surface area contributed by atoms with Crippen LogP contribution in [0.1, 0.15) is 18.4 Å². The van der Waals surface area contributed by atoms with Crippen LogP contribution >= 0.6 is 22.9 Å². The van der Waals surface area contributed by atoms with E-state index in [1.54, 1.807) is 11.3 Å².